The highest BCUT2D eigenvalue weighted by molar-refractivity contribution is 5.73. The van der Waals surface area contributed by atoms with Gasteiger partial charge >= 0.3 is 12.0 Å². The van der Waals surface area contributed by atoms with Gasteiger partial charge in [0.05, 0.1) is 12.1 Å². The largest absolute Gasteiger partial charge is 0.481 e. The SMILES string of the molecule is CN(CC1(O)CCCC1)C(=O)NCCCCCC(=O)O. The van der Waals surface area contributed by atoms with Crippen LogP contribution in [0.3, 0.4) is 0 Å². The second kappa shape index (κ2) is 8.09. The number of aliphatic hydroxyl groups is 1. The molecule has 0 aromatic rings. The van der Waals surface area contributed by atoms with Crippen LogP contribution in [-0.4, -0.2) is 52.9 Å². The van der Waals surface area contributed by atoms with E-state index in [1.807, 2.05) is 0 Å². The van der Waals surface area contributed by atoms with Gasteiger partial charge in [0.15, 0.2) is 0 Å². The zero-order chi connectivity index (χ0) is 15.0. The lowest BCUT2D eigenvalue weighted by Gasteiger charge is -2.28. The summed E-state index contributed by atoms with van der Waals surface area (Å²) >= 11 is 0. The summed E-state index contributed by atoms with van der Waals surface area (Å²) in [5.74, 6) is -0.779. The maximum atomic E-state index is 11.8. The van der Waals surface area contributed by atoms with E-state index in [1.165, 1.54) is 4.90 Å². The Morgan fingerprint density at radius 2 is 1.85 bits per heavy atom. The molecule has 1 fully saturated rings. The standard InChI is InChI=1S/C14H26N2O4/c1-16(11-14(20)8-4-5-9-14)13(19)15-10-6-2-3-7-12(17)18/h20H,2-11H2,1H3,(H,15,19)(H,17,18). The number of hydrogen-bond acceptors (Lipinski definition) is 3. The number of unbranched alkanes of at least 4 members (excludes halogenated alkanes) is 2. The number of nitrogens with zero attached hydrogens (tertiary/aromatic N) is 1. The van der Waals surface area contributed by atoms with E-state index in [4.69, 9.17) is 5.11 Å². The van der Waals surface area contributed by atoms with Gasteiger partial charge in [0.1, 0.15) is 0 Å². The van der Waals surface area contributed by atoms with Crippen molar-refractivity contribution in [1.29, 1.82) is 0 Å². The molecule has 0 bridgehead atoms. The quantitative estimate of drug-likeness (QED) is 0.591. The van der Waals surface area contributed by atoms with Crippen LogP contribution in [0.15, 0.2) is 0 Å². The monoisotopic (exact) mass is 286 g/mol. The Bertz CT molecular complexity index is 327. The van der Waals surface area contributed by atoms with Gasteiger partial charge in [-0.15, -0.1) is 0 Å². The topological polar surface area (TPSA) is 89.9 Å². The Labute approximate surface area is 120 Å². The number of urea groups is 1. The predicted octanol–water partition coefficient (Wildman–Crippen LogP) is 1.58. The molecule has 0 spiro atoms. The van der Waals surface area contributed by atoms with E-state index in [1.54, 1.807) is 7.05 Å². The molecule has 1 saturated carbocycles. The van der Waals surface area contributed by atoms with Crippen molar-refractivity contribution in [3.05, 3.63) is 0 Å². The molecule has 3 N–H and O–H groups in total. The predicted molar refractivity (Wildman–Crippen MR) is 75.6 cm³/mol. The zero-order valence-corrected chi connectivity index (χ0v) is 12.2. The van der Waals surface area contributed by atoms with Crippen LogP contribution in [0.1, 0.15) is 51.4 Å². The van der Waals surface area contributed by atoms with Gasteiger partial charge in [-0.05, 0) is 25.7 Å². The van der Waals surface area contributed by atoms with Crippen molar-refractivity contribution < 1.29 is 19.8 Å². The fourth-order valence-electron chi connectivity index (χ4n) is 2.61. The second-order valence-corrected chi connectivity index (χ2v) is 5.72. The maximum absolute atomic E-state index is 11.8. The van der Waals surface area contributed by atoms with Crippen molar-refractivity contribution in [3.8, 4) is 0 Å². The highest BCUT2D eigenvalue weighted by Gasteiger charge is 2.33. The molecule has 1 aliphatic carbocycles. The van der Waals surface area contributed by atoms with Crippen LogP contribution in [0, 0.1) is 0 Å². The lowest BCUT2D eigenvalue weighted by Crippen LogP contribution is -2.46. The van der Waals surface area contributed by atoms with Gasteiger partial charge in [-0.1, -0.05) is 19.3 Å². The fourth-order valence-corrected chi connectivity index (χ4v) is 2.61. The summed E-state index contributed by atoms with van der Waals surface area (Å²) in [6, 6.07) is -0.177. The van der Waals surface area contributed by atoms with E-state index in [9.17, 15) is 14.7 Å². The van der Waals surface area contributed by atoms with Crippen molar-refractivity contribution in [3.63, 3.8) is 0 Å². The van der Waals surface area contributed by atoms with Crippen LogP contribution < -0.4 is 5.32 Å². The summed E-state index contributed by atoms with van der Waals surface area (Å²) in [5, 5.41) is 21.5. The van der Waals surface area contributed by atoms with E-state index < -0.39 is 11.6 Å². The van der Waals surface area contributed by atoms with Gasteiger partial charge in [-0.25, -0.2) is 4.79 Å². The molecule has 0 aliphatic heterocycles. The minimum atomic E-state index is -0.779. The summed E-state index contributed by atoms with van der Waals surface area (Å²) in [4.78, 5) is 23.7. The lowest BCUT2D eigenvalue weighted by molar-refractivity contribution is -0.137. The van der Waals surface area contributed by atoms with Crippen LogP contribution in [-0.2, 0) is 4.79 Å². The molecule has 0 aromatic carbocycles. The third kappa shape index (κ3) is 6.23. The highest BCUT2D eigenvalue weighted by atomic mass is 16.4. The van der Waals surface area contributed by atoms with Crippen molar-refractivity contribution in [2.45, 2.75) is 57.0 Å². The Morgan fingerprint density at radius 1 is 1.20 bits per heavy atom. The van der Waals surface area contributed by atoms with Crippen LogP contribution in [0.4, 0.5) is 4.79 Å². The van der Waals surface area contributed by atoms with E-state index in [2.05, 4.69) is 5.32 Å². The van der Waals surface area contributed by atoms with Crippen LogP contribution in [0.25, 0.3) is 0 Å². The smallest absolute Gasteiger partial charge is 0.317 e. The molecule has 116 valence electrons. The Kier molecular flexibility index (Phi) is 6.78. The van der Waals surface area contributed by atoms with Crippen molar-refractivity contribution in [1.82, 2.24) is 10.2 Å². The number of carboxylic acids is 1. The minimum absolute atomic E-state index is 0.177. The number of carbonyl (C=O) groups is 2. The van der Waals surface area contributed by atoms with Gasteiger partial charge in [0, 0.05) is 20.0 Å². The molecular formula is C14H26N2O4. The first-order valence-electron chi connectivity index (χ1n) is 7.36. The number of rotatable bonds is 8. The molecule has 1 aliphatic rings. The van der Waals surface area contributed by atoms with Gasteiger partial charge in [-0.2, -0.15) is 0 Å². The van der Waals surface area contributed by atoms with Gasteiger partial charge in [0.2, 0.25) is 0 Å². The summed E-state index contributed by atoms with van der Waals surface area (Å²) in [7, 11) is 1.69. The average Bonchev–Trinajstić information content (AvgIpc) is 2.79. The molecule has 0 unspecified atom stereocenters. The third-order valence-electron chi connectivity index (χ3n) is 3.76. The Hall–Kier alpha value is -1.30. The maximum Gasteiger partial charge on any atom is 0.317 e. The van der Waals surface area contributed by atoms with E-state index in [0.717, 1.165) is 38.5 Å². The van der Waals surface area contributed by atoms with Gasteiger partial charge in [-0.3, -0.25) is 4.79 Å². The summed E-state index contributed by atoms with van der Waals surface area (Å²) in [6.07, 6.45) is 5.96. The average molecular weight is 286 g/mol. The molecule has 1 rings (SSSR count). The van der Waals surface area contributed by atoms with Gasteiger partial charge in [0.25, 0.3) is 0 Å². The molecule has 20 heavy (non-hydrogen) atoms. The minimum Gasteiger partial charge on any atom is -0.481 e. The van der Waals surface area contributed by atoms with Crippen LogP contribution in [0.2, 0.25) is 0 Å². The molecule has 6 heteroatoms. The second-order valence-electron chi connectivity index (χ2n) is 5.72. The summed E-state index contributed by atoms with van der Waals surface area (Å²) < 4.78 is 0. The van der Waals surface area contributed by atoms with Crippen LogP contribution in [0.5, 0.6) is 0 Å². The number of carbonyl (C=O) groups excluding carboxylic acids is 1. The molecule has 2 amide bonds. The number of amides is 2. The van der Waals surface area contributed by atoms with E-state index in [0.29, 0.717) is 19.5 Å². The van der Waals surface area contributed by atoms with Crippen molar-refractivity contribution in [2.24, 2.45) is 0 Å². The highest BCUT2D eigenvalue weighted by Crippen LogP contribution is 2.29. The lowest BCUT2D eigenvalue weighted by atomic mass is 10.0. The molecular weight excluding hydrogens is 260 g/mol. The number of aliphatic carboxylic acids is 1. The van der Waals surface area contributed by atoms with E-state index >= 15 is 0 Å². The first-order chi connectivity index (χ1) is 9.43. The number of likely N-dealkylation sites (N-methyl/N-ethyl adjacent to an activating group) is 1. The van der Waals surface area contributed by atoms with E-state index in [-0.39, 0.29) is 12.5 Å². The molecule has 6 nitrogen and oxygen atoms in total. The Morgan fingerprint density at radius 3 is 2.45 bits per heavy atom. The number of nitrogens with one attached hydrogen (secondary N) is 1. The molecule has 0 radical (unpaired) electrons. The first-order valence-corrected chi connectivity index (χ1v) is 7.36. The Balaban J connectivity index is 2.10. The number of hydrogen-bond donors (Lipinski definition) is 3. The molecule has 0 aromatic heterocycles. The van der Waals surface area contributed by atoms with Crippen LogP contribution >= 0.6 is 0 Å². The molecule has 0 atom stereocenters. The normalized spacial score (nSPS) is 16.9. The zero-order valence-electron chi connectivity index (χ0n) is 12.2. The summed E-state index contributed by atoms with van der Waals surface area (Å²) in [5.41, 5.74) is -0.715. The molecule has 0 heterocycles. The molecule has 0 saturated heterocycles. The van der Waals surface area contributed by atoms with Crippen molar-refractivity contribution in [2.75, 3.05) is 20.1 Å². The first kappa shape index (κ1) is 16.8. The number of carboxylic acid groups (broad SMARTS) is 1. The summed E-state index contributed by atoms with van der Waals surface area (Å²) in [6.45, 7) is 0.916. The third-order valence-corrected chi connectivity index (χ3v) is 3.76. The fraction of sp³-hybridized carbons (Fsp3) is 0.857. The van der Waals surface area contributed by atoms with Crippen molar-refractivity contribution >= 4 is 12.0 Å². The van der Waals surface area contributed by atoms with Gasteiger partial charge < -0.3 is 20.4 Å².